The van der Waals surface area contributed by atoms with Gasteiger partial charge in [-0.25, -0.2) is 4.39 Å². The van der Waals surface area contributed by atoms with E-state index in [1.54, 1.807) is 6.07 Å². The van der Waals surface area contributed by atoms with Crippen LogP contribution in [0.5, 0.6) is 5.75 Å². The normalized spacial score (nSPS) is 11.4. The van der Waals surface area contributed by atoms with Crippen molar-refractivity contribution in [2.75, 3.05) is 20.2 Å². The zero-order chi connectivity index (χ0) is 14.5. The van der Waals surface area contributed by atoms with Crippen molar-refractivity contribution >= 4 is 0 Å². The molecule has 0 saturated carbocycles. The molecule has 0 heterocycles. The van der Waals surface area contributed by atoms with Crippen LogP contribution in [0.4, 0.5) is 4.39 Å². The number of rotatable bonds is 6. The quantitative estimate of drug-likeness (QED) is 0.791. The first-order valence-corrected chi connectivity index (χ1v) is 6.39. The van der Waals surface area contributed by atoms with E-state index in [1.165, 1.54) is 6.07 Å². The molecule has 0 fully saturated rings. The molecule has 1 rings (SSSR count). The van der Waals surface area contributed by atoms with Crippen LogP contribution >= 0.6 is 0 Å². The number of hydrogen-bond donors (Lipinski definition) is 0. The van der Waals surface area contributed by atoms with Crippen LogP contribution in [0.25, 0.3) is 0 Å². The Kier molecular flexibility index (Phi) is 5.31. The van der Waals surface area contributed by atoms with Crippen LogP contribution in [-0.2, 0) is 6.54 Å². The monoisotopic (exact) mass is 264 g/mol. The Balaban J connectivity index is 2.68. The van der Waals surface area contributed by atoms with E-state index in [9.17, 15) is 4.39 Å². The maximum absolute atomic E-state index is 13.7. The van der Waals surface area contributed by atoms with Crippen LogP contribution in [0.15, 0.2) is 18.2 Å². The predicted octanol–water partition coefficient (Wildman–Crippen LogP) is 3.21. The van der Waals surface area contributed by atoms with Gasteiger partial charge in [-0.2, -0.15) is 5.26 Å². The molecular weight excluding hydrogens is 243 g/mol. The molecule has 0 bridgehead atoms. The first kappa shape index (κ1) is 15.5. The summed E-state index contributed by atoms with van der Waals surface area (Å²) in [6.07, 6.45) is 0. The Morgan fingerprint density at radius 2 is 2.11 bits per heavy atom. The van der Waals surface area contributed by atoms with E-state index in [4.69, 9.17) is 10.00 Å². The molecule has 0 N–H and O–H groups in total. The van der Waals surface area contributed by atoms with Gasteiger partial charge < -0.3 is 9.64 Å². The summed E-state index contributed by atoms with van der Waals surface area (Å²) in [5.41, 5.74) is 0.468. The van der Waals surface area contributed by atoms with Gasteiger partial charge in [-0.15, -0.1) is 0 Å². The Hall–Kier alpha value is -1.60. The minimum atomic E-state index is -0.404. The van der Waals surface area contributed by atoms with Gasteiger partial charge in [0.1, 0.15) is 0 Å². The van der Waals surface area contributed by atoms with Crippen molar-refractivity contribution in [3.05, 3.63) is 29.6 Å². The van der Waals surface area contributed by atoms with Crippen molar-refractivity contribution in [2.24, 2.45) is 5.41 Å². The van der Waals surface area contributed by atoms with Gasteiger partial charge in [0.05, 0.1) is 18.1 Å². The molecule has 104 valence electrons. The van der Waals surface area contributed by atoms with Crippen LogP contribution < -0.4 is 4.74 Å². The molecule has 3 nitrogen and oxygen atoms in total. The van der Waals surface area contributed by atoms with E-state index in [-0.39, 0.29) is 11.6 Å². The average Bonchev–Trinajstić information content (AvgIpc) is 2.32. The summed E-state index contributed by atoms with van der Waals surface area (Å²) in [5.74, 6) is -0.0569. The second kappa shape index (κ2) is 6.53. The molecule has 0 aliphatic rings. The predicted molar refractivity (Wildman–Crippen MR) is 73.3 cm³/mol. The van der Waals surface area contributed by atoms with Gasteiger partial charge in [-0.1, -0.05) is 6.07 Å². The lowest BCUT2D eigenvalue weighted by Crippen LogP contribution is -2.29. The number of ether oxygens (including phenoxy) is 1. The van der Waals surface area contributed by atoms with Crippen molar-refractivity contribution in [1.82, 2.24) is 4.90 Å². The van der Waals surface area contributed by atoms with Crippen molar-refractivity contribution in [2.45, 2.75) is 27.3 Å². The molecule has 0 unspecified atom stereocenters. The molecule has 0 radical (unpaired) electrons. The maximum atomic E-state index is 13.7. The van der Waals surface area contributed by atoms with Gasteiger partial charge in [0, 0.05) is 13.1 Å². The smallest absolute Gasteiger partial charge is 0.165 e. The van der Waals surface area contributed by atoms with Crippen LogP contribution in [0, 0.1) is 22.6 Å². The molecule has 0 atom stereocenters. The van der Waals surface area contributed by atoms with E-state index in [2.05, 4.69) is 6.07 Å². The van der Waals surface area contributed by atoms with Crippen LogP contribution in [-0.4, -0.2) is 25.1 Å². The van der Waals surface area contributed by atoms with Crippen LogP contribution in [0.2, 0.25) is 0 Å². The minimum absolute atomic E-state index is 0.284. The molecular formula is C15H21FN2O. The van der Waals surface area contributed by atoms with E-state index >= 15 is 0 Å². The molecule has 1 aromatic rings. The van der Waals surface area contributed by atoms with Gasteiger partial charge in [0.2, 0.25) is 0 Å². The summed E-state index contributed by atoms with van der Waals surface area (Å²) >= 11 is 0. The molecule has 0 saturated heterocycles. The summed E-state index contributed by atoms with van der Waals surface area (Å²) in [7, 11) is 1.92. The zero-order valence-electron chi connectivity index (χ0n) is 12.0. The largest absolute Gasteiger partial charge is 0.491 e. The summed E-state index contributed by atoms with van der Waals surface area (Å²) in [6.45, 7) is 7.30. The molecule has 0 aliphatic heterocycles. The standard InChI is InChI=1S/C15H21FN2O/c1-5-19-14-7-6-12(8-13(14)16)9-18(4)11-15(2,3)10-17/h6-8H,5,9,11H2,1-4H3. The van der Waals surface area contributed by atoms with Crippen LogP contribution in [0.1, 0.15) is 26.3 Å². The highest BCUT2D eigenvalue weighted by atomic mass is 19.1. The Morgan fingerprint density at radius 3 is 2.63 bits per heavy atom. The van der Waals surface area contributed by atoms with Gasteiger partial charge in [0.15, 0.2) is 11.6 Å². The Labute approximate surface area is 114 Å². The van der Waals surface area contributed by atoms with E-state index in [1.807, 2.05) is 38.8 Å². The zero-order valence-corrected chi connectivity index (χ0v) is 12.0. The van der Waals surface area contributed by atoms with Crippen LogP contribution in [0.3, 0.4) is 0 Å². The third-order valence-electron chi connectivity index (χ3n) is 2.72. The van der Waals surface area contributed by atoms with Crippen molar-refractivity contribution < 1.29 is 9.13 Å². The number of nitriles is 1. The lowest BCUT2D eigenvalue weighted by atomic mass is 9.95. The van der Waals surface area contributed by atoms with Crippen molar-refractivity contribution in [3.8, 4) is 11.8 Å². The van der Waals surface area contributed by atoms with Gasteiger partial charge in [-0.3, -0.25) is 0 Å². The molecule has 0 spiro atoms. The number of halogens is 1. The third kappa shape index (κ3) is 4.88. The second-order valence-electron chi connectivity index (χ2n) is 5.37. The first-order chi connectivity index (χ1) is 8.88. The fourth-order valence-electron chi connectivity index (χ4n) is 1.99. The lowest BCUT2D eigenvalue weighted by molar-refractivity contribution is 0.248. The number of nitrogens with zero attached hydrogens (tertiary/aromatic N) is 2. The van der Waals surface area contributed by atoms with Gasteiger partial charge >= 0.3 is 0 Å². The van der Waals surface area contributed by atoms with E-state index in [0.717, 1.165) is 5.56 Å². The molecule has 0 aromatic heterocycles. The second-order valence-corrected chi connectivity index (χ2v) is 5.37. The van der Waals surface area contributed by atoms with E-state index in [0.29, 0.717) is 19.7 Å². The Morgan fingerprint density at radius 1 is 1.42 bits per heavy atom. The number of benzene rings is 1. The summed E-state index contributed by atoms with van der Waals surface area (Å²) in [5, 5.41) is 9.00. The fourth-order valence-corrected chi connectivity index (χ4v) is 1.99. The maximum Gasteiger partial charge on any atom is 0.165 e. The van der Waals surface area contributed by atoms with Gasteiger partial charge in [-0.05, 0) is 45.5 Å². The topological polar surface area (TPSA) is 36.3 Å². The third-order valence-corrected chi connectivity index (χ3v) is 2.72. The molecule has 0 amide bonds. The van der Waals surface area contributed by atoms with E-state index < -0.39 is 5.41 Å². The lowest BCUT2D eigenvalue weighted by Gasteiger charge is -2.24. The molecule has 0 aliphatic carbocycles. The van der Waals surface area contributed by atoms with Crippen molar-refractivity contribution in [1.29, 1.82) is 5.26 Å². The van der Waals surface area contributed by atoms with Crippen molar-refractivity contribution in [3.63, 3.8) is 0 Å². The molecule has 19 heavy (non-hydrogen) atoms. The molecule has 1 aromatic carbocycles. The molecule has 4 heteroatoms. The van der Waals surface area contributed by atoms with Gasteiger partial charge in [0.25, 0.3) is 0 Å². The Bertz CT molecular complexity index is 466. The highest BCUT2D eigenvalue weighted by molar-refractivity contribution is 5.29. The fraction of sp³-hybridized carbons (Fsp3) is 0.533. The number of hydrogen-bond acceptors (Lipinski definition) is 3. The minimum Gasteiger partial charge on any atom is -0.491 e. The summed E-state index contributed by atoms with van der Waals surface area (Å²) in [4.78, 5) is 2.01. The first-order valence-electron chi connectivity index (χ1n) is 6.39. The highest BCUT2D eigenvalue weighted by Crippen LogP contribution is 2.20. The average molecular weight is 264 g/mol. The summed E-state index contributed by atoms with van der Waals surface area (Å²) < 4.78 is 18.9. The summed E-state index contributed by atoms with van der Waals surface area (Å²) in [6, 6.07) is 7.25. The SMILES string of the molecule is CCOc1ccc(CN(C)CC(C)(C)C#N)cc1F. The highest BCUT2D eigenvalue weighted by Gasteiger charge is 2.19.